The molecule has 2 heterocycles. The van der Waals surface area contributed by atoms with E-state index < -0.39 is 5.60 Å². The largest absolute Gasteiger partial charge is 0.444 e. The first kappa shape index (κ1) is 17.9. The second kappa shape index (κ2) is 7.43. The summed E-state index contributed by atoms with van der Waals surface area (Å²) in [6.07, 6.45) is 5.85. The molecule has 1 N–H and O–H groups in total. The molecule has 128 valence electrons. The Labute approximate surface area is 139 Å². The van der Waals surface area contributed by atoms with Gasteiger partial charge in [0, 0.05) is 30.4 Å². The van der Waals surface area contributed by atoms with Crippen molar-refractivity contribution in [2.45, 2.75) is 76.2 Å². The van der Waals surface area contributed by atoms with Crippen LogP contribution >= 0.6 is 11.8 Å². The van der Waals surface area contributed by atoms with Gasteiger partial charge < -0.3 is 15.0 Å². The molecule has 5 heteroatoms. The molecule has 22 heavy (non-hydrogen) atoms. The number of rotatable bonds is 4. The average Bonchev–Trinajstić information content (AvgIpc) is 2.84. The highest BCUT2D eigenvalue weighted by atomic mass is 32.2. The van der Waals surface area contributed by atoms with Gasteiger partial charge in [0.05, 0.1) is 0 Å². The van der Waals surface area contributed by atoms with Gasteiger partial charge in [-0.05, 0) is 65.6 Å². The maximum atomic E-state index is 12.4. The van der Waals surface area contributed by atoms with Crippen LogP contribution in [-0.2, 0) is 4.74 Å². The Kier molecular flexibility index (Phi) is 6.06. The third-order valence-corrected chi connectivity index (χ3v) is 5.97. The summed E-state index contributed by atoms with van der Waals surface area (Å²) in [6.45, 7) is 10.9. The van der Waals surface area contributed by atoms with Crippen LogP contribution in [0.4, 0.5) is 4.79 Å². The lowest BCUT2D eigenvalue weighted by molar-refractivity contribution is 0.00994. The van der Waals surface area contributed by atoms with Gasteiger partial charge in [-0.2, -0.15) is 11.8 Å². The fourth-order valence-electron chi connectivity index (χ4n) is 3.25. The first-order valence-corrected chi connectivity index (χ1v) is 9.62. The lowest BCUT2D eigenvalue weighted by Gasteiger charge is -2.37. The van der Waals surface area contributed by atoms with Crippen LogP contribution in [0.3, 0.4) is 0 Å². The smallest absolute Gasteiger partial charge is 0.410 e. The normalized spacial score (nSPS) is 29.6. The summed E-state index contributed by atoms with van der Waals surface area (Å²) < 4.78 is 5.94. The molecule has 2 atom stereocenters. The molecule has 0 saturated carbocycles. The van der Waals surface area contributed by atoms with Gasteiger partial charge in [-0.3, -0.25) is 0 Å². The summed E-state index contributed by atoms with van der Waals surface area (Å²) >= 11 is 2.08. The highest BCUT2D eigenvalue weighted by Gasteiger charge is 2.32. The van der Waals surface area contributed by atoms with Crippen molar-refractivity contribution in [1.82, 2.24) is 10.2 Å². The minimum atomic E-state index is -0.416. The van der Waals surface area contributed by atoms with Gasteiger partial charge in [-0.25, -0.2) is 4.79 Å². The van der Waals surface area contributed by atoms with Gasteiger partial charge in [-0.15, -0.1) is 0 Å². The number of ether oxygens (including phenoxy) is 1. The van der Waals surface area contributed by atoms with Crippen LogP contribution in [0, 0.1) is 0 Å². The van der Waals surface area contributed by atoms with Crippen molar-refractivity contribution >= 4 is 17.9 Å². The number of carbonyl (C=O) groups excluding carboxylic acids is 1. The molecule has 2 aliphatic heterocycles. The molecule has 0 bridgehead atoms. The monoisotopic (exact) mass is 328 g/mol. The van der Waals surface area contributed by atoms with Crippen molar-refractivity contribution in [1.29, 1.82) is 0 Å². The molecular formula is C17H32N2O2S. The van der Waals surface area contributed by atoms with Crippen LogP contribution in [-0.4, -0.2) is 52.8 Å². The van der Waals surface area contributed by atoms with Crippen molar-refractivity contribution in [3.63, 3.8) is 0 Å². The Morgan fingerprint density at radius 3 is 2.77 bits per heavy atom. The Bertz CT molecular complexity index is 375. The Morgan fingerprint density at radius 1 is 1.36 bits per heavy atom. The van der Waals surface area contributed by atoms with Crippen LogP contribution in [0.5, 0.6) is 0 Å². The lowest BCUT2D eigenvalue weighted by atomic mass is 10.0. The van der Waals surface area contributed by atoms with E-state index >= 15 is 0 Å². The molecule has 1 amide bonds. The van der Waals surface area contributed by atoms with Crippen LogP contribution < -0.4 is 5.32 Å². The van der Waals surface area contributed by atoms with Gasteiger partial charge in [-0.1, -0.05) is 0 Å². The van der Waals surface area contributed by atoms with E-state index in [-0.39, 0.29) is 12.1 Å². The van der Waals surface area contributed by atoms with Gasteiger partial charge in [0.15, 0.2) is 0 Å². The van der Waals surface area contributed by atoms with Gasteiger partial charge in [0.25, 0.3) is 0 Å². The molecule has 2 rings (SSSR count). The zero-order valence-electron chi connectivity index (χ0n) is 14.6. The predicted octanol–water partition coefficient (Wildman–Crippen LogP) is 3.65. The van der Waals surface area contributed by atoms with E-state index in [9.17, 15) is 4.79 Å². The molecule has 0 aromatic rings. The van der Waals surface area contributed by atoms with Crippen molar-refractivity contribution in [2.75, 3.05) is 25.4 Å². The minimum Gasteiger partial charge on any atom is -0.444 e. The molecule has 0 aliphatic carbocycles. The van der Waals surface area contributed by atoms with Crippen LogP contribution in [0.2, 0.25) is 0 Å². The molecule has 0 spiro atoms. The summed E-state index contributed by atoms with van der Waals surface area (Å²) in [5.41, 5.74) is -0.416. The van der Waals surface area contributed by atoms with E-state index in [1.165, 1.54) is 25.0 Å². The second-order valence-electron chi connectivity index (χ2n) is 7.86. The first-order valence-electron chi connectivity index (χ1n) is 8.63. The third kappa shape index (κ3) is 5.34. The molecule has 0 radical (unpaired) electrons. The highest BCUT2D eigenvalue weighted by molar-refractivity contribution is 8.00. The third-order valence-electron chi connectivity index (χ3n) is 4.43. The summed E-state index contributed by atoms with van der Waals surface area (Å²) in [5.74, 6) is 1.28. The van der Waals surface area contributed by atoms with Crippen molar-refractivity contribution in [3.05, 3.63) is 0 Å². The number of nitrogens with one attached hydrogen (secondary N) is 1. The maximum Gasteiger partial charge on any atom is 0.410 e. The molecule has 0 aromatic carbocycles. The topological polar surface area (TPSA) is 41.6 Å². The zero-order chi connectivity index (χ0) is 16.2. The molecule has 2 aliphatic rings. The average molecular weight is 329 g/mol. The Hall–Kier alpha value is -0.420. The lowest BCUT2D eigenvalue weighted by Crippen LogP contribution is -2.51. The summed E-state index contributed by atoms with van der Waals surface area (Å²) in [6, 6.07) is 0.276. The summed E-state index contributed by atoms with van der Waals surface area (Å²) in [4.78, 5) is 14.3. The Morgan fingerprint density at radius 2 is 2.14 bits per heavy atom. The fraction of sp³-hybridized carbons (Fsp3) is 0.941. The van der Waals surface area contributed by atoms with E-state index in [1.807, 2.05) is 25.7 Å². The van der Waals surface area contributed by atoms with E-state index in [2.05, 4.69) is 24.0 Å². The maximum absolute atomic E-state index is 12.4. The van der Waals surface area contributed by atoms with Crippen LogP contribution in [0.25, 0.3) is 0 Å². The van der Waals surface area contributed by atoms with Crippen molar-refractivity contribution in [3.8, 4) is 0 Å². The molecule has 2 saturated heterocycles. The van der Waals surface area contributed by atoms with Crippen LogP contribution in [0.1, 0.15) is 59.8 Å². The predicted molar refractivity (Wildman–Crippen MR) is 93.5 cm³/mol. The first-order chi connectivity index (χ1) is 10.3. The minimum absolute atomic E-state index is 0.152. The number of amides is 1. The molecule has 2 fully saturated rings. The van der Waals surface area contributed by atoms with Gasteiger partial charge in [0.2, 0.25) is 0 Å². The number of hydrogen-bond donors (Lipinski definition) is 1. The standard InChI is InChI=1S/C17H32N2O2S/c1-16(2,3)21-15(20)19-10-6-5-8-14(19)12-18-13-17(4)9-7-11-22-17/h14,18H,5-13H2,1-4H3. The quantitative estimate of drug-likeness (QED) is 0.855. The highest BCUT2D eigenvalue weighted by Crippen LogP contribution is 2.37. The molecule has 0 aromatic heterocycles. The second-order valence-corrected chi connectivity index (χ2v) is 9.54. The molecule has 2 unspecified atom stereocenters. The van der Waals surface area contributed by atoms with E-state index in [4.69, 9.17) is 4.74 Å². The number of nitrogens with zero attached hydrogens (tertiary/aromatic N) is 1. The van der Waals surface area contributed by atoms with Gasteiger partial charge >= 0.3 is 6.09 Å². The summed E-state index contributed by atoms with van der Waals surface area (Å²) in [7, 11) is 0. The van der Waals surface area contributed by atoms with E-state index in [0.717, 1.165) is 32.5 Å². The van der Waals surface area contributed by atoms with E-state index in [1.54, 1.807) is 0 Å². The fourth-order valence-corrected chi connectivity index (χ4v) is 4.53. The van der Waals surface area contributed by atoms with Gasteiger partial charge in [0.1, 0.15) is 5.60 Å². The van der Waals surface area contributed by atoms with Crippen molar-refractivity contribution < 1.29 is 9.53 Å². The summed E-state index contributed by atoms with van der Waals surface area (Å²) in [5, 5.41) is 3.61. The number of thioether (sulfide) groups is 1. The number of piperidine rings is 1. The Balaban J connectivity index is 1.83. The SMILES string of the molecule is CC(C)(C)OC(=O)N1CCCCC1CNCC1(C)CCCS1. The van der Waals surface area contributed by atoms with Crippen molar-refractivity contribution in [2.24, 2.45) is 0 Å². The van der Waals surface area contributed by atoms with E-state index in [0.29, 0.717) is 4.75 Å². The molecular weight excluding hydrogens is 296 g/mol. The zero-order valence-corrected chi connectivity index (χ0v) is 15.4. The number of hydrogen-bond acceptors (Lipinski definition) is 4. The number of likely N-dealkylation sites (tertiary alicyclic amines) is 1. The molecule has 4 nitrogen and oxygen atoms in total. The number of carbonyl (C=O) groups is 1. The van der Waals surface area contributed by atoms with Crippen LogP contribution in [0.15, 0.2) is 0 Å².